The summed E-state index contributed by atoms with van der Waals surface area (Å²) < 4.78 is 0.811. The average molecular weight is 324 g/mol. The second-order valence-electron chi connectivity index (χ2n) is 5.19. The third-order valence-electron chi connectivity index (χ3n) is 3.12. The number of benzene rings is 1. The first kappa shape index (κ1) is 13.8. The van der Waals surface area contributed by atoms with Gasteiger partial charge in [-0.1, -0.05) is 12.1 Å². The maximum Gasteiger partial charge on any atom is 0.309 e. The summed E-state index contributed by atoms with van der Waals surface area (Å²) in [7, 11) is 0. The number of carbonyl (C=O) groups is 1. The Hall–Kier alpha value is -1.62. The topological polar surface area (TPSA) is 70.2 Å². The van der Waals surface area contributed by atoms with E-state index < -0.39 is 11.4 Å². The molecule has 2 N–H and O–H groups in total. The molecule has 0 radical (unpaired) electrons. The van der Waals surface area contributed by atoms with Crippen LogP contribution in [0.25, 0.3) is 10.9 Å². The maximum absolute atomic E-state index is 12.0. The van der Waals surface area contributed by atoms with E-state index in [0.29, 0.717) is 5.56 Å². The molecule has 1 aromatic carbocycles. The van der Waals surface area contributed by atoms with Gasteiger partial charge in [0.05, 0.1) is 10.9 Å². The zero-order valence-electron chi connectivity index (χ0n) is 10.7. The largest absolute Gasteiger partial charge is 0.481 e. The highest BCUT2D eigenvalue weighted by Gasteiger charge is 2.28. The summed E-state index contributed by atoms with van der Waals surface area (Å²) in [6.45, 7) is 3.22. The van der Waals surface area contributed by atoms with Crippen molar-refractivity contribution in [2.45, 2.75) is 20.3 Å². The minimum absolute atomic E-state index is 0.195. The lowest BCUT2D eigenvalue weighted by molar-refractivity contribution is -0.146. The molecule has 0 aliphatic heterocycles. The van der Waals surface area contributed by atoms with Crippen molar-refractivity contribution >= 4 is 32.8 Å². The summed E-state index contributed by atoms with van der Waals surface area (Å²) >= 11 is 3.38. The fourth-order valence-electron chi connectivity index (χ4n) is 1.92. The zero-order chi connectivity index (χ0) is 14.2. The molecule has 1 aromatic heterocycles. The molecule has 0 fully saturated rings. The molecule has 2 rings (SSSR count). The Balaban J connectivity index is 2.54. The number of hydrogen-bond acceptors (Lipinski definition) is 2. The molecule has 100 valence electrons. The standard InChI is InChI=1S/C14H14BrNO3/c1-14(2,13(18)19)7-9-6-8-4-3-5-10(15)11(8)16-12(9)17/h3-6H,7H2,1-2H3,(H,16,17)(H,18,19). The van der Waals surface area contributed by atoms with Crippen molar-refractivity contribution < 1.29 is 9.90 Å². The lowest BCUT2D eigenvalue weighted by Gasteiger charge is -2.18. The number of aromatic amines is 1. The number of aromatic nitrogens is 1. The summed E-state index contributed by atoms with van der Waals surface area (Å²) in [5.74, 6) is -0.916. The molecule has 19 heavy (non-hydrogen) atoms. The summed E-state index contributed by atoms with van der Waals surface area (Å²) in [6, 6.07) is 7.35. The van der Waals surface area contributed by atoms with E-state index in [1.807, 2.05) is 18.2 Å². The number of carboxylic acid groups (broad SMARTS) is 1. The number of fused-ring (bicyclic) bond motifs is 1. The van der Waals surface area contributed by atoms with Crippen LogP contribution in [0.3, 0.4) is 0 Å². The molecule has 0 unspecified atom stereocenters. The molecular weight excluding hydrogens is 310 g/mol. The van der Waals surface area contributed by atoms with Gasteiger partial charge < -0.3 is 10.1 Å². The molecule has 0 atom stereocenters. The lowest BCUT2D eigenvalue weighted by atomic mass is 9.86. The van der Waals surface area contributed by atoms with Crippen molar-refractivity contribution in [3.63, 3.8) is 0 Å². The van der Waals surface area contributed by atoms with Crippen molar-refractivity contribution in [1.82, 2.24) is 4.98 Å². The number of nitrogens with one attached hydrogen (secondary N) is 1. The van der Waals surface area contributed by atoms with Gasteiger partial charge in [-0.15, -0.1) is 0 Å². The average Bonchev–Trinajstić information content (AvgIpc) is 2.31. The molecule has 4 nitrogen and oxygen atoms in total. The van der Waals surface area contributed by atoms with Crippen molar-refractivity contribution in [1.29, 1.82) is 0 Å². The number of halogens is 1. The lowest BCUT2D eigenvalue weighted by Crippen LogP contribution is -2.29. The second-order valence-corrected chi connectivity index (χ2v) is 6.05. The number of carboxylic acids is 1. The van der Waals surface area contributed by atoms with Crippen molar-refractivity contribution in [2.24, 2.45) is 5.41 Å². The van der Waals surface area contributed by atoms with Crippen LogP contribution in [0.15, 0.2) is 33.5 Å². The van der Waals surface area contributed by atoms with Crippen LogP contribution in [0.1, 0.15) is 19.4 Å². The number of aliphatic carboxylic acids is 1. The molecule has 0 spiro atoms. The van der Waals surface area contributed by atoms with Crippen LogP contribution >= 0.6 is 15.9 Å². The van der Waals surface area contributed by atoms with Crippen molar-refractivity contribution in [2.75, 3.05) is 0 Å². The highest BCUT2D eigenvalue weighted by Crippen LogP contribution is 2.24. The smallest absolute Gasteiger partial charge is 0.309 e. The highest BCUT2D eigenvalue weighted by molar-refractivity contribution is 9.10. The number of H-pyrrole nitrogens is 1. The van der Waals surface area contributed by atoms with E-state index >= 15 is 0 Å². The van der Waals surface area contributed by atoms with Gasteiger partial charge in [-0.2, -0.15) is 0 Å². The van der Waals surface area contributed by atoms with Crippen LogP contribution < -0.4 is 5.56 Å². The predicted molar refractivity (Wildman–Crippen MR) is 77.4 cm³/mol. The first-order valence-electron chi connectivity index (χ1n) is 5.85. The second kappa shape index (κ2) is 4.81. The maximum atomic E-state index is 12.0. The van der Waals surface area contributed by atoms with E-state index in [0.717, 1.165) is 15.4 Å². The monoisotopic (exact) mass is 323 g/mol. The molecular formula is C14H14BrNO3. The molecule has 2 aromatic rings. The van der Waals surface area contributed by atoms with Gasteiger partial charge in [-0.05, 0) is 53.7 Å². The van der Waals surface area contributed by atoms with Crippen LogP contribution in [0.5, 0.6) is 0 Å². The molecule has 0 aliphatic carbocycles. The van der Waals surface area contributed by atoms with Gasteiger partial charge >= 0.3 is 5.97 Å². The molecule has 5 heteroatoms. The minimum atomic E-state index is -0.966. The van der Waals surface area contributed by atoms with E-state index in [1.54, 1.807) is 19.9 Å². The Morgan fingerprint density at radius 3 is 2.74 bits per heavy atom. The Kier molecular flexibility index (Phi) is 3.49. The van der Waals surface area contributed by atoms with Crippen LogP contribution in [0, 0.1) is 5.41 Å². The van der Waals surface area contributed by atoms with Gasteiger partial charge in [0, 0.05) is 10.0 Å². The molecule has 0 bridgehead atoms. The van der Waals surface area contributed by atoms with E-state index in [2.05, 4.69) is 20.9 Å². The zero-order valence-corrected chi connectivity index (χ0v) is 12.2. The molecule has 0 saturated carbocycles. The first-order valence-corrected chi connectivity index (χ1v) is 6.64. The van der Waals surface area contributed by atoms with Gasteiger partial charge in [-0.25, -0.2) is 0 Å². The fourth-order valence-corrected chi connectivity index (χ4v) is 2.40. The Morgan fingerprint density at radius 2 is 2.11 bits per heavy atom. The third kappa shape index (κ3) is 2.71. The number of hydrogen-bond donors (Lipinski definition) is 2. The molecule has 0 saturated heterocycles. The number of pyridine rings is 1. The number of rotatable bonds is 3. The first-order chi connectivity index (χ1) is 8.81. The van der Waals surface area contributed by atoms with Crippen LogP contribution in [-0.2, 0) is 11.2 Å². The Labute approximate surface area is 118 Å². The van der Waals surface area contributed by atoms with Gasteiger partial charge in [0.25, 0.3) is 5.56 Å². The van der Waals surface area contributed by atoms with Crippen molar-refractivity contribution in [3.8, 4) is 0 Å². The van der Waals surface area contributed by atoms with E-state index in [4.69, 9.17) is 5.11 Å². The normalized spacial score (nSPS) is 11.7. The third-order valence-corrected chi connectivity index (χ3v) is 3.78. The number of para-hydroxylation sites is 1. The van der Waals surface area contributed by atoms with E-state index in [-0.39, 0.29) is 12.0 Å². The molecule has 1 heterocycles. The van der Waals surface area contributed by atoms with E-state index in [9.17, 15) is 9.59 Å². The summed E-state index contributed by atoms with van der Waals surface area (Å²) in [4.78, 5) is 25.9. The van der Waals surface area contributed by atoms with Crippen LogP contribution in [0.2, 0.25) is 0 Å². The summed E-state index contributed by atoms with van der Waals surface area (Å²) in [5, 5.41) is 10.0. The SMILES string of the molecule is CC(C)(Cc1cc2cccc(Br)c2[nH]c1=O)C(=O)O. The molecule has 0 amide bonds. The van der Waals surface area contributed by atoms with Crippen LogP contribution in [0.4, 0.5) is 0 Å². The highest BCUT2D eigenvalue weighted by atomic mass is 79.9. The van der Waals surface area contributed by atoms with Gasteiger partial charge in [0.1, 0.15) is 0 Å². The fraction of sp³-hybridized carbons (Fsp3) is 0.286. The van der Waals surface area contributed by atoms with Crippen LogP contribution in [-0.4, -0.2) is 16.1 Å². The Morgan fingerprint density at radius 1 is 1.42 bits per heavy atom. The van der Waals surface area contributed by atoms with Gasteiger partial charge in [0.2, 0.25) is 0 Å². The predicted octanol–water partition coefficient (Wildman–Crippen LogP) is 2.94. The minimum Gasteiger partial charge on any atom is -0.481 e. The van der Waals surface area contributed by atoms with Gasteiger partial charge in [0.15, 0.2) is 0 Å². The summed E-state index contributed by atoms with van der Waals surface area (Å²) in [6.07, 6.45) is 0.195. The summed E-state index contributed by atoms with van der Waals surface area (Å²) in [5.41, 5.74) is 0.00303. The quantitative estimate of drug-likeness (QED) is 0.912. The van der Waals surface area contributed by atoms with E-state index in [1.165, 1.54) is 0 Å². The molecule has 0 aliphatic rings. The van der Waals surface area contributed by atoms with Gasteiger partial charge in [-0.3, -0.25) is 9.59 Å². The Bertz CT molecular complexity index is 703. The van der Waals surface area contributed by atoms with Crippen molar-refractivity contribution in [3.05, 3.63) is 44.7 Å².